The van der Waals surface area contributed by atoms with E-state index in [0.29, 0.717) is 28.9 Å². The first-order valence-electron chi connectivity index (χ1n) is 8.21. The van der Waals surface area contributed by atoms with E-state index in [1.807, 2.05) is 13.8 Å². The molecular weight excluding hydrogens is 356 g/mol. The lowest BCUT2D eigenvalue weighted by Gasteiger charge is -2.19. The number of anilines is 2. The van der Waals surface area contributed by atoms with Gasteiger partial charge in [-0.15, -0.1) is 0 Å². The molecule has 1 heterocycles. The largest absolute Gasteiger partial charge is 0.495 e. The molecule has 1 N–H and O–H groups in total. The van der Waals surface area contributed by atoms with E-state index in [9.17, 15) is 9.59 Å². The molecule has 8 heteroatoms. The molecule has 0 bridgehead atoms. The number of ether oxygens (including phenoxy) is 1. The summed E-state index contributed by atoms with van der Waals surface area (Å²) in [6.07, 6.45) is 3.21. The molecule has 0 saturated carbocycles. The number of hydrogen-bond acceptors (Lipinski definition) is 5. The number of benzene rings is 1. The standard InChI is InChI=1S/C18H23ClN4O3/c1-12(2)10-23-8-7-20-17(18(23)25)22(3)11-16(24)21-14-9-13(19)5-6-15(14)26-4/h5-9,12H,10-11H2,1-4H3,(H,21,24). The minimum Gasteiger partial charge on any atom is -0.495 e. The highest BCUT2D eigenvalue weighted by Crippen LogP contribution is 2.27. The number of methoxy groups -OCH3 is 1. The Hall–Kier alpha value is -2.54. The second kappa shape index (κ2) is 8.71. The van der Waals surface area contributed by atoms with Gasteiger partial charge in [0.25, 0.3) is 5.56 Å². The number of halogens is 1. The zero-order chi connectivity index (χ0) is 19.3. The molecule has 7 nitrogen and oxygen atoms in total. The van der Waals surface area contributed by atoms with Crippen LogP contribution in [-0.2, 0) is 11.3 Å². The summed E-state index contributed by atoms with van der Waals surface area (Å²) in [6, 6.07) is 4.95. The first kappa shape index (κ1) is 19.8. The number of likely N-dealkylation sites (N-methyl/N-ethyl adjacent to an activating group) is 1. The Morgan fingerprint density at radius 2 is 2.15 bits per heavy atom. The van der Waals surface area contributed by atoms with Gasteiger partial charge in [0.05, 0.1) is 19.3 Å². The summed E-state index contributed by atoms with van der Waals surface area (Å²) >= 11 is 5.97. The SMILES string of the molecule is COc1ccc(Cl)cc1NC(=O)CN(C)c1nccn(CC(C)C)c1=O. The summed E-state index contributed by atoms with van der Waals surface area (Å²) in [5, 5.41) is 3.22. The zero-order valence-electron chi connectivity index (χ0n) is 15.3. The summed E-state index contributed by atoms with van der Waals surface area (Å²) < 4.78 is 6.81. The molecule has 0 fully saturated rings. The van der Waals surface area contributed by atoms with Gasteiger partial charge in [-0.05, 0) is 24.1 Å². The Morgan fingerprint density at radius 3 is 2.81 bits per heavy atom. The molecule has 0 saturated heterocycles. The van der Waals surface area contributed by atoms with Crippen molar-refractivity contribution in [2.45, 2.75) is 20.4 Å². The van der Waals surface area contributed by atoms with Crippen LogP contribution < -0.4 is 20.5 Å². The second-order valence-electron chi connectivity index (χ2n) is 6.35. The number of aromatic nitrogens is 2. The van der Waals surface area contributed by atoms with Crippen LogP contribution in [0, 0.1) is 5.92 Å². The molecule has 0 spiro atoms. The lowest BCUT2D eigenvalue weighted by molar-refractivity contribution is -0.114. The molecule has 2 aromatic rings. The molecule has 0 aliphatic carbocycles. The lowest BCUT2D eigenvalue weighted by Crippen LogP contribution is -2.36. The van der Waals surface area contributed by atoms with Crippen LogP contribution in [0.5, 0.6) is 5.75 Å². The fourth-order valence-corrected chi connectivity index (χ4v) is 2.66. The van der Waals surface area contributed by atoms with Gasteiger partial charge in [-0.3, -0.25) is 9.59 Å². The fourth-order valence-electron chi connectivity index (χ4n) is 2.49. The third-order valence-electron chi connectivity index (χ3n) is 3.64. The maximum Gasteiger partial charge on any atom is 0.293 e. The first-order valence-corrected chi connectivity index (χ1v) is 8.59. The number of nitrogens with zero attached hydrogens (tertiary/aromatic N) is 3. The van der Waals surface area contributed by atoms with E-state index in [1.54, 1.807) is 42.2 Å². The second-order valence-corrected chi connectivity index (χ2v) is 6.79. The Bertz CT molecular complexity index is 835. The van der Waals surface area contributed by atoms with Crippen LogP contribution in [0.3, 0.4) is 0 Å². The normalized spacial score (nSPS) is 10.7. The van der Waals surface area contributed by atoms with Gasteiger partial charge in [0.1, 0.15) is 5.75 Å². The van der Waals surface area contributed by atoms with E-state index >= 15 is 0 Å². The van der Waals surface area contributed by atoms with Crippen molar-refractivity contribution in [2.75, 3.05) is 30.9 Å². The molecule has 0 atom stereocenters. The Labute approximate surface area is 157 Å². The van der Waals surface area contributed by atoms with Gasteiger partial charge in [0.15, 0.2) is 5.82 Å². The molecule has 140 valence electrons. The van der Waals surface area contributed by atoms with E-state index in [4.69, 9.17) is 16.3 Å². The molecule has 0 aliphatic rings. The summed E-state index contributed by atoms with van der Waals surface area (Å²) in [7, 11) is 3.16. The summed E-state index contributed by atoms with van der Waals surface area (Å²) in [6.45, 7) is 4.61. The minimum absolute atomic E-state index is 0.0381. The Balaban J connectivity index is 2.13. The molecule has 1 aromatic carbocycles. The van der Waals surface area contributed by atoms with Crippen LogP contribution in [0.2, 0.25) is 5.02 Å². The van der Waals surface area contributed by atoms with Crippen molar-refractivity contribution >= 4 is 29.0 Å². The molecular formula is C18H23ClN4O3. The monoisotopic (exact) mass is 378 g/mol. The Kier molecular flexibility index (Phi) is 6.63. The van der Waals surface area contributed by atoms with Crippen LogP contribution in [0.1, 0.15) is 13.8 Å². The van der Waals surface area contributed by atoms with Gasteiger partial charge in [0.2, 0.25) is 5.91 Å². The average Bonchev–Trinajstić information content (AvgIpc) is 2.56. The topological polar surface area (TPSA) is 76.5 Å². The molecule has 1 amide bonds. The maximum absolute atomic E-state index is 12.5. The summed E-state index contributed by atoms with van der Waals surface area (Å²) in [5.74, 6) is 0.740. The van der Waals surface area contributed by atoms with Gasteiger partial charge in [0, 0.05) is 31.0 Å². The number of amides is 1. The van der Waals surface area contributed by atoms with Crippen molar-refractivity contribution in [3.05, 3.63) is 46.0 Å². The first-order chi connectivity index (χ1) is 12.3. The van der Waals surface area contributed by atoms with E-state index < -0.39 is 0 Å². The third kappa shape index (κ3) is 4.98. The van der Waals surface area contributed by atoms with E-state index in [2.05, 4.69) is 10.3 Å². The zero-order valence-corrected chi connectivity index (χ0v) is 16.1. The maximum atomic E-state index is 12.5. The van der Waals surface area contributed by atoms with Gasteiger partial charge in [-0.1, -0.05) is 25.4 Å². The highest BCUT2D eigenvalue weighted by atomic mass is 35.5. The van der Waals surface area contributed by atoms with Crippen molar-refractivity contribution in [3.8, 4) is 5.75 Å². The number of nitrogens with one attached hydrogen (secondary N) is 1. The van der Waals surface area contributed by atoms with Crippen molar-refractivity contribution in [3.63, 3.8) is 0 Å². The van der Waals surface area contributed by atoms with Crippen molar-refractivity contribution < 1.29 is 9.53 Å². The number of carbonyl (C=O) groups excluding carboxylic acids is 1. The van der Waals surface area contributed by atoms with Gasteiger partial charge in [-0.2, -0.15) is 0 Å². The fraction of sp³-hybridized carbons (Fsp3) is 0.389. The summed E-state index contributed by atoms with van der Waals surface area (Å²) in [4.78, 5) is 30.5. The van der Waals surface area contributed by atoms with Crippen molar-refractivity contribution in [2.24, 2.45) is 5.92 Å². The minimum atomic E-state index is -0.312. The van der Waals surface area contributed by atoms with Crippen molar-refractivity contribution in [1.29, 1.82) is 0 Å². The molecule has 1 aromatic heterocycles. The van der Waals surface area contributed by atoms with Crippen LogP contribution in [0.15, 0.2) is 35.4 Å². The molecule has 0 radical (unpaired) electrons. The number of rotatable bonds is 7. The number of hydrogen-bond donors (Lipinski definition) is 1. The predicted octanol–water partition coefficient (Wildman–Crippen LogP) is 2.64. The number of carbonyl (C=O) groups is 1. The van der Waals surface area contributed by atoms with Crippen LogP contribution in [0.25, 0.3) is 0 Å². The Morgan fingerprint density at radius 1 is 1.42 bits per heavy atom. The smallest absolute Gasteiger partial charge is 0.293 e. The van der Waals surface area contributed by atoms with E-state index in [-0.39, 0.29) is 23.8 Å². The summed E-state index contributed by atoms with van der Waals surface area (Å²) in [5.41, 5.74) is 0.244. The van der Waals surface area contributed by atoms with Crippen molar-refractivity contribution in [1.82, 2.24) is 9.55 Å². The quantitative estimate of drug-likeness (QED) is 0.801. The third-order valence-corrected chi connectivity index (χ3v) is 3.87. The molecule has 26 heavy (non-hydrogen) atoms. The highest BCUT2D eigenvalue weighted by molar-refractivity contribution is 6.31. The van der Waals surface area contributed by atoms with Gasteiger partial charge < -0.3 is 19.5 Å². The van der Waals surface area contributed by atoms with Crippen LogP contribution in [0.4, 0.5) is 11.5 Å². The van der Waals surface area contributed by atoms with Crippen LogP contribution in [-0.4, -0.2) is 36.2 Å². The van der Waals surface area contributed by atoms with E-state index in [0.717, 1.165) is 0 Å². The van der Waals surface area contributed by atoms with Gasteiger partial charge >= 0.3 is 0 Å². The molecule has 2 rings (SSSR count). The van der Waals surface area contributed by atoms with Crippen LogP contribution >= 0.6 is 11.6 Å². The molecule has 0 unspecified atom stereocenters. The lowest BCUT2D eigenvalue weighted by atomic mass is 10.2. The predicted molar refractivity (Wildman–Crippen MR) is 103 cm³/mol. The van der Waals surface area contributed by atoms with E-state index in [1.165, 1.54) is 12.0 Å². The highest BCUT2D eigenvalue weighted by Gasteiger charge is 2.15. The average molecular weight is 379 g/mol. The van der Waals surface area contributed by atoms with Gasteiger partial charge in [-0.25, -0.2) is 4.98 Å². The molecule has 0 aliphatic heterocycles.